The van der Waals surface area contributed by atoms with E-state index in [-0.39, 0.29) is 0 Å². The van der Waals surface area contributed by atoms with Gasteiger partial charge >= 0.3 is 0 Å². The summed E-state index contributed by atoms with van der Waals surface area (Å²) in [6.07, 6.45) is 10.0. The van der Waals surface area contributed by atoms with Crippen molar-refractivity contribution >= 4 is 11.8 Å². The van der Waals surface area contributed by atoms with Crippen LogP contribution in [0.15, 0.2) is 0 Å². The average molecular weight is 227 g/mol. The van der Waals surface area contributed by atoms with E-state index in [0.29, 0.717) is 4.87 Å². The summed E-state index contributed by atoms with van der Waals surface area (Å²) >= 11 is 2.20. The maximum Gasteiger partial charge on any atom is 0.0648 e. The second-order valence-electron chi connectivity index (χ2n) is 5.44. The Labute approximate surface area is 98.8 Å². The minimum atomic E-state index is 0.474. The molecule has 88 valence electrons. The van der Waals surface area contributed by atoms with Crippen LogP contribution in [0.1, 0.15) is 58.8 Å². The molecule has 1 saturated heterocycles. The Balaban J connectivity index is 1.89. The van der Waals surface area contributed by atoms with Crippen LogP contribution < -0.4 is 5.32 Å². The summed E-state index contributed by atoms with van der Waals surface area (Å²) in [4.78, 5) is 0.474. The molecule has 1 heterocycles. The van der Waals surface area contributed by atoms with E-state index in [4.69, 9.17) is 0 Å². The molecule has 0 radical (unpaired) electrons. The molecule has 0 aromatic heterocycles. The van der Waals surface area contributed by atoms with Gasteiger partial charge in [0.15, 0.2) is 0 Å². The van der Waals surface area contributed by atoms with Crippen LogP contribution in [0.25, 0.3) is 0 Å². The zero-order chi connectivity index (χ0) is 10.7. The highest BCUT2D eigenvalue weighted by molar-refractivity contribution is 8.00. The second-order valence-corrected chi connectivity index (χ2v) is 6.84. The first-order chi connectivity index (χ1) is 7.24. The Morgan fingerprint density at radius 2 is 2.20 bits per heavy atom. The van der Waals surface area contributed by atoms with Gasteiger partial charge in [-0.05, 0) is 32.1 Å². The van der Waals surface area contributed by atoms with Crippen molar-refractivity contribution in [3.8, 4) is 0 Å². The molecular formula is C13H25NS. The molecule has 1 nitrogen and oxygen atoms in total. The first-order valence-corrected chi connectivity index (χ1v) is 7.64. The van der Waals surface area contributed by atoms with E-state index in [9.17, 15) is 0 Å². The van der Waals surface area contributed by atoms with Crippen LogP contribution in [-0.2, 0) is 0 Å². The van der Waals surface area contributed by atoms with Gasteiger partial charge in [0.2, 0.25) is 0 Å². The van der Waals surface area contributed by atoms with Crippen molar-refractivity contribution in [1.82, 2.24) is 5.32 Å². The van der Waals surface area contributed by atoms with Gasteiger partial charge in [-0.2, -0.15) is 0 Å². The highest BCUT2D eigenvalue weighted by Crippen LogP contribution is 2.43. The molecule has 3 unspecified atom stereocenters. The second kappa shape index (κ2) is 5.09. The van der Waals surface area contributed by atoms with E-state index in [0.717, 1.165) is 12.0 Å². The maximum atomic E-state index is 3.83. The molecule has 0 aromatic carbocycles. The van der Waals surface area contributed by atoms with Crippen LogP contribution in [0.2, 0.25) is 0 Å². The molecule has 1 N–H and O–H groups in total. The van der Waals surface area contributed by atoms with Crippen LogP contribution in [-0.4, -0.2) is 16.7 Å². The van der Waals surface area contributed by atoms with Crippen molar-refractivity contribution < 1.29 is 0 Å². The van der Waals surface area contributed by atoms with Crippen LogP contribution in [0.5, 0.6) is 0 Å². The van der Waals surface area contributed by atoms with Crippen LogP contribution in [0.3, 0.4) is 0 Å². The normalized spacial score (nSPS) is 42.0. The SMILES string of the molecule is CCCC1CCCC2(CC1)NC(C)CS2. The van der Waals surface area contributed by atoms with Gasteiger partial charge in [-0.15, -0.1) is 11.8 Å². The molecule has 15 heavy (non-hydrogen) atoms. The van der Waals surface area contributed by atoms with Gasteiger partial charge in [-0.25, -0.2) is 0 Å². The Kier molecular flexibility index (Phi) is 4.00. The molecular weight excluding hydrogens is 202 g/mol. The van der Waals surface area contributed by atoms with Crippen molar-refractivity contribution in [2.24, 2.45) is 5.92 Å². The molecule has 0 amide bonds. The lowest BCUT2D eigenvalue weighted by atomic mass is 9.95. The lowest BCUT2D eigenvalue weighted by Crippen LogP contribution is -2.40. The summed E-state index contributed by atoms with van der Waals surface area (Å²) in [6, 6.07) is 0.734. The van der Waals surface area contributed by atoms with Gasteiger partial charge in [0.05, 0.1) is 4.87 Å². The molecule has 1 spiro atoms. The third-order valence-electron chi connectivity index (χ3n) is 3.97. The Morgan fingerprint density at radius 1 is 1.33 bits per heavy atom. The zero-order valence-electron chi connectivity index (χ0n) is 10.2. The quantitative estimate of drug-likeness (QED) is 0.770. The summed E-state index contributed by atoms with van der Waals surface area (Å²) in [7, 11) is 0. The third kappa shape index (κ3) is 2.91. The van der Waals surface area contributed by atoms with Crippen molar-refractivity contribution in [2.45, 2.75) is 69.7 Å². The highest BCUT2D eigenvalue weighted by Gasteiger charge is 2.38. The van der Waals surface area contributed by atoms with Gasteiger partial charge in [0.25, 0.3) is 0 Å². The molecule has 0 aromatic rings. The molecule has 2 rings (SSSR count). The van der Waals surface area contributed by atoms with Gasteiger partial charge in [-0.1, -0.05) is 32.6 Å². The Morgan fingerprint density at radius 3 is 2.87 bits per heavy atom. The molecule has 2 fully saturated rings. The van der Waals surface area contributed by atoms with Crippen molar-refractivity contribution in [1.29, 1.82) is 0 Å². The Hall–Kier alpha value is 0.310. The summed E-state index contributed by atoms with van der Waals surface area (Å²) in [5.74, 6) is 2.34. The molecule has 2 heteroatoms. The molecule has 0 bridgehead atoms. The Bertz CT molecular complexity index is 207. The number of nitrogens with one attached hydrogen (secondary N) is 1. The summed E-state index contributed by atoms with van der Waals surface area (Å²) in [6.45, 7) is 4.65. The van der Waals surface area contributed by atoms with Crippen molar-refractivity contribution in [3.63, 3.8) is 0 Å². The van der Waals surface area contributed by atoms with Crippen molar-refractivity contribution in [3.05, 3.63) is 0 Å². The van der Waals surface area contributed by atoms with Gasteiger partial charge in [0, 0.05) is 11.8 Å². The van der Waals surface area contributed by atoms with Gasteiger partial charge in [0.1, 0.15) is 0 Å². The van der Waals surface area contributed by atoms with Crippen LogP contribution >= 0.6 is 11.8 Å². The monoisotopic (exact) mass is 227 g/mol. The number of hydrogen-bond donors (Lipinski definition) is 1. The standard InChI is InChI=1S/C13H25NS/c1-3-5-12-6-4-8-13(9-7-12)14-11(2)10-15-13/h11-12,14H,3-10H2,1-2H3. The van der Waals surface area contributed by atoms with Crippen LogP contribution in [0.4, 0.5) is 0 Å². The maximum absolute atomic E-state index is 3.83. The fourth-order valence-corrected chi connectivity index (χ4v) is 4.67. The lowest BCUT2D eigenvalue weighted by Gasteiger charge is -2.27. The molecule has 3 atom stereocenters. The summed E-state index contributed by atoms with van der Waals surface area (Å²) in [5, 5.41) is 3.83. The highest BCUT2D eigenvalue weighted by atomic mass is 32.2. The molecule has 1 aliphatic carbocycles. The minimum absolute atomic E-state index is 0.474. The number of hydrogen-bond acceptors (Lipinski definition) is 2. The summed E-state index contributed by atoms with van der Waals surface area (Å²) in [5.41, 5.74) is 0. The molecule has 1 saturated carbocycles. The average Bonchev–Trinajstić information content (AvgIpc) is 2.45. The van der Waals surface area contributed by atoms with Crippen molar-refractivity contribution in [2.75, 3.05) is 5.75 Å². The summed E-state index contributed by atoms with van der Waals surface area (Å²) < 4.78 is 0. The third-order valence-corrected chi connectivity index (χ3v) is 5.71. The fourth-order valence-electron chi connectivity index (χ4n) is 3.19. The predicted molar refractivity (Wildman–Crippen MR) is 69.3 cm³/mol. The van der Waals surface area contributed by atoms with Crippen LogP contribution in [0, 0.1) is 5.92 Å². The van der Waals surface area contributed by atoms with E-state index in [1.165, 1.54) is 50.7 Å². The molecule has 1 aliphatic heterocycles. The largest absolute Gasteiger partial charge is 0.299 e. The number of thioether (sulfide) groups is 1. The van der Waals surface area contributed by atoms with E-state index in [1.54, 1.807) is 0 Å². The first kappa shape index (κ1) is 11.8. The van der Waals surface area contributed by atoms with E-state index in [2.05, 4.69) is 30.9 Å². The van der Waals surface area contributed by atoms with E-state index in [1.807, 2.05) is 0 Å². The minimum Gasteiger partial charge on any atom is -0.299 e. The first-order valence-electron chi connectivity index (χ1n) is 6.66. The lowest BCUT2D eigenvalue weighted by molar-refractivity contribution is 0.387. The zero-order valence-corrected chi connectivity index (χ0v) is 11.0. The topological polar surface area (TPSA) is 12.0 Å². The van der Waals surface area contributed by atoms with E-state index < -0.39 is 0 Å². The van der Waals surface area contributed by atoms with Gasteiger partial charge in [-0.3, -0.25) is 5.32 Å². The molecule has 2 aliphatic rings. The fraction of sp³-hybridized carbons (Fsp3) is 1.00. The van der Waals surface area contributed by atoms with Gasteiger partial charge < -0.3 is 0 Å². The predicted octanol–water partition coefficient (Wildman–Crippen LogP) is 3.79. The number of rotatable bonds is 2. The smallest absolute Gasteiger partial charge is 0.0648 e. The van der Waals surface area contributed by atoms with E-state index >= 15 is 0 Å².